The van der Waals surface area contributed by atoms with Gasteiger partial charge in [0.2, 0.25) is 0 Å². The van der Waals surface area contributed by atoms with Crippen molar-refractivity contribution in [1.29, 1.82) is 0 Å². The van der Waals surface area contributed by atoms with Crippen LogP contribution in [0.25, 0.3) is 11.4 Å². The van der Waals surface area contributed by atoms with Crippen molar-refractivity contribution in [2.24, 2.45) is 0 Å². The van der Waals surface area contributed by atoms with Gasteiger partial charge in [-0.2, -0.15) is 0 Å². The highest BCUT2D eigenvalue weighted by Crippen LogP contribution is 2.20. The van der Waals surface area contributed by atoms with Gasteiger partial charge in [-0.05, 0) is 31.0 Å². The Labute approximate surface area is 98.3 Å². The monoisotopic (exact) mass is 232 g/mol. The SMILES string of the molecule is CCc1cc(=O)[nH]c(-c2cc(F)ccc2C)n1. The van der Waals surface area contributed by atoms with Crippen LogP contribution in [0.3, 0.4) is 0 Å². The van der Waals surface area contributed by atoms with Gasteiger partial charge in [0, 0.05) is 17.3 Å². The Morgan fingerprint density at radius 2 is 2.12 bits per heavy atom. The zero-order chi connectivity index (χ0) is 12.4. The zero-order valence-corrected chi connectivity index (χ0v) is 9.75. The number of rotatable bonds is 2. The molecule has 0 aliphatic heterocycles. The van der Waals surface area contributed by atoms with Gasteiger partial charge in [-0.1, -0.05) is 13.0 Å². The van der Waals surface area contributed by atoms with Crippen molar-refractivity contribution in [1.82, 2.24) is 9.97 Å². The Balaban J connectivity index is 2.63. The summed E-state index contributed by atoms with van der Waals surface area (Å²) in [5, 5.41) is 0. The van der Waals surface area contributed by atoms with Crippen LogP contribution in [0.5, 0.6) is 0 Å². The molecule has 3 nitrogen and oxygen atoms in total. The van der Waals surface area contributed by atoms with Crippen molar-refractivity contribution < 1.29 is 4.39 Å². The minimum Gasteiger partial charge on any atom is -0.307 e. The van der Waals surface area contributed by atoms with E-state index in [9.17, 15) is 9.18 Å². The molecule has 1 aromatic carbocycles. The molecule has 1 aromatic heterocycles. The van der Waals surface area contributed by atoms with Gasteiger partial charge in [0.25, 0.3) is 5.56 Å². The molecule has 0 unspecified atom stereocenters. The minimum atomic E-state index is -0.338. The topological polar surface area (TPSA) is 45.8 Å². The van der Waals surface area contributed by atoms with Crippen molar-refractivity contribution in [3.05, 3.63) is 51.7 Å². The third-order valence-corrected chi connectivity index (χ3v) is 2.61. The molecule has 0 aliphatic carbocycles. The van der Waals surface area contributed by atoms with E-state index in [0.717, 1.165) is 5.56 Å². The summed E-state index contributed by atoms with van der Waals surface area (Å²) >= 11 is 0. The van der Waals surface area contributed by atoms with Gasteiger partial charge in [-0.3, -0.25) is 4.79 Å². The quantitative estimate of drug-likeness (QED) is 0.864. The lowest BCUT2D eigenvalue weighted by Gasteiger charge is -2.06. The molecule has 1 heterocycles. The molecule has 2 aromatic rings. The van der Waals surface area contributed by atoms with Crippen LogP contribution >= 0.6 is 0 Å². The van der Waals surface area contributed by atoms with E-state index in [1.165, 1.54) is 18.2 Å². The number of nitrogens with one attached hydrogen (secondary N) is 1. The third kappa shape index (κ3) is 2.41. The Morgan fingerprint density at radius 3 is 2.82 bits per heavy atom. The predicted molar refractivity (Wildman–Crippen MR) is 64.4 cm³/mol. The first-order valence-electron chi connectivity index (χ1n) is 5.47. The van der Waals surface area contributed by atoms with E-state index in [2.05, 4.69) is 9.97 Å². The second-order valence-corrected chi connectivity index (χ2v) is 3.90. The lowest BCUT2D eigenvalue weighted by atomic mass is 10.1. The van der Waals surface area contributed by atoms with E-state index in [1.807, 2.05) is 13.8 Å². The Bertz CT molecular complexity index is 605. The van der Waals surface area contributed by atoms with Gasteiger partial charge < -0.3 is 4.98 Å². The first kappa shape index (κ1) is 11.5. The van der Waals surface area contributed by atoms with Crippen LogP contribution in [-0.2, 0) is 6.42 Å². The van der Waals surface area contributed by atoms with Gasteiger partial charge in [0.05, 0.1) is 0 Å². The summed E-state index contributed by atoms with van der Waals surface area (Å²) in [6.45, 7) is 3.78. The van der Waals surface area contributed by atoms with Crippen molar-refractivity contribution in [3.63, 3.8) is 0 Å². The molecular weight excluding hydrogens is 219 g/mol. The molecule has 0 radical (unpaired) electrons. The molecule has 2 rings (SSSR count). The summed E-state index contributed by atoms with van der Waals surface area (Å²) in [7, 11) is 0. The molecule has 0 amide bonds. The molecule has 0 bridgehead atoms. The molecular formula is C13H13FN2O. The van der Waals surface area contributed by atoms with Crippen LogP contribution in [0.4, 0.5) is 4.39 Å². The molecule has 0 atom stereocenters. The molecule has 0 aliphatic rings. The van der Waals surface area contributed by atoms with Gasteiger partial charge >= 0.3 is 0 Å². The van der Waals surface area contributed by atoms with Crippen molar-refractivity contribution in [3.8, 4) is 11.4 Å². The fourth-order valence-corrected chi connectivity index (χ4v) is 1.67. The summed E-state index contributed by atoms with van der Waals surface area (Å²) in [4.78, 5) is 18.4. The molecule has 4 heteroatoms. The summed E-state index contributed by atoms with van der Waals surface area (Å²) < 4.78 is 13.2. The van der Waals surface area contributed by atoms with E-state index in [-0.39, 0.29) is 11.4 Å². The highest BCUT2D eigenvalue weighted by Gasteiger charge is 2.07. The Kier molecular flexibility index (Phi) is 3.04. The average molecular weight is 232 g/mol. The molecule has 88 valence electrons. The van der Waals surface area contributed by atoms with Gasteiger partial charge in [-0.25, -0.2) is 9.37 Å². The molecule has 0 fully saturated rings. The fourth-order valence-electron chi connectivity index (χ4n) is 1.67. The second kappa shape index (κ2) is 4.49. The molecule has 0 saturated heterocycles. The Morgan fingerprint density at radius 1 is 1.35 bits per heavy atom. The fraction of sp³-hybridized carbons (Fsp3) is 0.231. The van der Waals surface area contributed by atoms with Gasteiger partial charge in [0.1, 0.15) is 11.6 Å². The van der Waals surface area contributed by atoms with Crippen LogP contribution in [0, 0.1) is 12.7 Å². The predicted octanol–water partition coefficient (Wildman–Crippen LogP) is 2.45. The normalized spacial score (nSPS) is 10.5. The first-order valence-corrected chi connectivity index (χ1v) is 5.47. The number of H-pyrrole nitrogens is 1. The van der Waals surface area contributed by atoms with E-state index in [1.54, 1.807) is 6.07 Å². The maximum Gasteiger partial charge on any atom is 0.251 e. The molecule has 0 saturated carbocycles. The largest absolute Gasteiger partial charge is 0.307 e. The van der Waals surface area contributed by atoms with E-state index in [4.69, 9.17) is 0 Å². The minimum absolute atomic E-state index is 0.212. The van der Waals surface area contributed by atoms with Gasteiger partial charge in [-0.15, -0.1) is 0 Å². The van der Waals surface area contributed by atoms with Crippen LogP contribution in [0.2, 0.25) is 0 Å². The number of hydrogen-bond acceptors (Lipinski definition) is 2. The summed E-state index contributed by atoms with van der Waals surface area (Å²) in [5.74, 6) is 0.0847. The van der Waals surface area contributed by atoms with Crippen molar-refractivity contribution in [2.75, 3.05) is 0 Å². The number of nitrogens with zero attached hydrogens (tertiary/aromatic N) is 1. The highest BCUT2D eigenvalue weighted by atomic mass is 19.1. The lowest BCUT2D eigenvalue weighted by Crippen LogP contribution is -2.10. The van der Waals surface area contributed by atoms with E-state index < -0.39 is 0 Å². The maximum absolute atomic E-state index is 13.2. The number of halogens is 1. The zero-order valence-electron chi connectivity index (χ0n) is 9.75. The van der Waals surface area contributed by atoms with E-state index >= 15 is 0 Å². The van der Waals surface area contributed by atoms with Crippen LogP contribution in [0.15, 0.2) is 29.1 Å². The molecule has 0 spiro atoms. The summed E-state index contributed by atoms with van der Waals surface area (Å²) in [6.07, 6.45) is 0.672. The smallest absolute Gasteiger partial charge is 0.251 e. The lowest BCUT2D eigenvalue weighted by molar-refractivity contribution is 0.627. The third-order valence-electron chi connectivity index (χ3n) is 2.61. The average Bonchev–Trinajstić information content (AvgIpc) is 2.31. The van der Waals surface area contributed by atoms with Crippen LogP contribution in [-0.4, -0.2) is 9.97 Å². The second-order valence-electron chi connectivity index (χ2n) is 3.90. The molecule has 17 heavy (non-hydrogen) atoms. The highest BCUT2D eigenvalue weighted by molar-refractivity contribution is 5.59. The summed E-state index contributed by atoms with van der Waals surface area (Å²) in [6, 6.07) is 5.90. The number of benzene rings is 1. The number of aromatic nitrogens is 2. The van der Waals surface area contributed by atoms with Crippen LogP contribution < -0.4 is 5.56 Å². The van der Waals surface area contributed by atoms with Crippen LogP contribution in [0.1, 0.15) is 18.2 Å². The van der Waals surface area contributed by atoms with E-state index in [0.29, 0.717) is 23.5 Å². The van der Waals surface area contributed by atoms with Crippen molar-refractivity contribution >= 4 is 0 Å². The Hall–Kier alpha value is -1.97. The first-order chi connectivity index (χ1) is 8.10. The molecule has 1 N–H and O–H groups in total. The van der Waals surface area contributed by atoms with Crippen molar-refractivity contribution in [2.45, 2.75) is 20.3 Å². The standard InChI is InChI=1S/C13H13FN2O/c1-3-10-7-12(17)16-13(15-10)11-6-9(14)5-4-8(11)2/h4-7H,3H2,1-2H3,(H,15,16,17). The number of aryl methyl sites for hydroxylation is 2. The maximum atomic E-state index is 13.2. The summed E-state index contributed by atoms with van der Waals surface area (Å²) in [5.41, 5.74) is 1.99. The number of hydrogen-bond donors (Lipinski definition) is 1. The van der Waals surface area contributed by atoms with Gasteiger partial charge in [0.15, 0.2) is 0 Å². The number of aromatic amines is 1.